The molecule has 0 radical (unpaired) electrons. The first kappa shape index (κ1) is 21.9. The Hall–Kier alpha value is -2.79. The van der Waals surface area contributed by atoms with Crippen molar-refractivity contribution in [2.45, 2.75) is 24.1 Å². The van der Waals surface area contributed by atoms with Gasteiger partial charge in [-0.3, -0.25) is 0 Å². The van der Waals surface area contributed by atoms with Crippen LogP contribution >= 0.6 is 23.4 Å². The van der Waals surface area contributed by atoms with Crippen LogP contribution < -0.4 is 9.47 Å². The molecular weight excluding hydrogens is 448 g/mol. The zero-order valence-electron chi connectivity index (χ0n) is 15.0. The predicted molar refractivity (Wildman–Crippen MR) is 104 cm³/mol. The lowest BCUT2D eigenvalue weighted by molar-refractivity contribution is -0.0543. The van der Waals surface area contributed by atoms with Crippen molar-refractivity contribution >= 4 is 29.6 Å². The number of rotatable bonds is 9. The van der Waals surface area contributed by atoms with Crippen LogP contribution in [0.4, 0.5) is 17.6 Å². The lowest BCUT2D eigenvalue weighted by Gasteiger charge is -2.10. The molecule has 12 heteroatoms. The van der Waals surface area contributed by atoms with E-state index in [1.54, 1.807) is 12.1 Å². The van der Waals surface area contributed by atoms with E-state index in [1.807, 2.05) is 12.1 Å². The van der Waals surface area contributed by atoms with Crippen molar-refractivity contribution in [2.24, 2.45) is 5.10 Å². The molecule has 6 nitrogen and oxygen atoms in total. The van der Waals surface area contributed by atoms with Gasteiger partial charge in [-0.2, -0.15) is 27.3 Å². The Morgan fingerprint density at radius 3 is 2.50 bits per heavy atom. The molecule has 3 aromatic rings. The molecule has 2 aromatic carbocycles. The average molecular weight is 461 g/mol. The second-order valence-electron chi connectivity index (χ2n) is 5.57. The SMILES string of the molecule is FC(F)Oc1ccc(/C=N/n2cnnc2SCc2ccc(Cl)cc2)c(OC(F)F)c1. The summed E-state index contributed by atoms with van der Waals surface area (Å²) in [5.74, 6) is -0.109. The van der Waals surface area contributed by atoms with Gasteiger partial charge >= 0.3 is 13.2 Å². The Kier molecular flexibility index (Phi) is 7.52. The van der Waals surface area contributed by atoms with Crippen LogP contribution in [0.25, 0.3) is 0 Å². The third kappa shape index (κ3) is 6.36. The van der Waals surface area contributed by atoms with Crippen molar-refractivity contribution in [3.8, 4) is 11.5 Å². The van der Waals surface area contributed by atoms with Crippen LogP contribution in [0.5, 0.6) is 11.5 Å². The van der Waals surface area contributed by atoms with Crippen LogP contribution in [-0.2, 0) is 5.75 Å². The number of thioether (sulfide) groups is 1. The van der Waals surface area contributed by atoms with Gasteiger partial charge in [0, 0.05) is 22.4 Å². The van der Waals surface area contributed by atoms with Crippen LogP contribution in [0.1, 0.15) is 11.1 Å². The van der Waals surface area contributed by atoms with Gasteiger partial charge in [-0.25, -0.2) is 0 Å². The highest BCUT2D eigenvalue weighted by Gasteiger charge is 2.13. The van der Waals surface area contributed by atoms with E-state index in [2.05, 4.69) is 24.8 Å². The summed E-state index contributed by atoms with van der Waals surface area (Å²) in [5, 5.41) is 13.0. The maximum absolute atomic E-state index is 12.7. The molecular formula is C18H13ClF4N4O2S. The Balaban J connectivity index is 1.75. The van der Waals surface area contributed by atoms with Gasteiger partial charge in [0.25, 0.3) is 0 Å². The van der Waals surface area contributed by atoms with Gasteiger partial charge in [-0.1, -0.05) is 35.5 Å². The number of halogens is 5. The molecule has 0 saturated heterocycles. The summed E-state index contributed by atoms with van der Waals surface area (Å²) < 4.78 is 59.9. The number of benzene rings is 2. The van der Waals surface area contributed by atoms with Gasteiger partial charge in [-0.15, -0.1) is 10.2 Å². The minimum atomic E-state index is -3.15. The molecule has 0 aliphatic heterocycles. The number of nitrogens with zero attached hydrogens (tertiary/aromatic N) is 4. The number of hydrogen-bond donors (Lipinski definition) is 0. The Bertz CT molecular complexity index is 1000. The zero-order valence-corrected chi connectivity index (χ0v) is 16.5. The normalized spacial score (nSPS) is 11.6. The van der Waals surface area contributed by atoms with Crippen molar-refractivity contribution in [3.63, 3.8) is 0 Å². The molecule has 0 unspecified atom stereocenters. The molecule has 0 aliphatic carbocycles. The largest absolute Gasteiger partial charge is 0.435 e. The van der Waals surface area contributed by atoms with Gasteiger partial charge in [0.2, 0.25) is 5.16 Å². The van der Waals surface area contributed by atoms with Crippen LogP contribution in [-0.4, -0.2) is 34.3 Å². The zero-order chi connectivity index (χ0) is 21.5. The summed E-state index contributed by atoms with van der Waals surface area (Å²) in [7, 11) is 0. The summed E-state index contributed by atoms with van der Waals surface area (Å²) in [6.07, 6.45) is 2.56. The van der Waals surface area contributed by atoms with Crippen molar-refractivity contribution in [2.75, 3.05) is 0 Å². The molecule has 1 aromatic heterocycles. The molecule has 0 bridgehead atoms. The molecule has 0 atom stereocenters. The number of hydrogen-bond acceptors (Lipinski definition) is 6. The Morgan fingerprint density at radius 1 is 1.07 bits per heavy atom. The maximum atomic E-state index is 12.7. The van der Waals surface area contributed by atoms with Gasteiger partial charge in [0.1, 0.15) is 17.8 Å². The van der Waals surface area contributed by atoms with Crippen molar-refractivity contribution in [1.29, 1.82) is 0 Å². The first-order chi connectivity index (χ1) is 14.4. The molecule has 1 heterocycles. The van der Waals surface area contributed by atoms with Crippen LogP contribution in [0, 0.1) is 0 Å². The Morgan fingerprint density at radius 2 is 1.80 bits per heavy atom. The second kappa shape index (κ2) is 10.3. The molecule has 0 amide bonds. The van der Waals surface area contributed by atoms with E-state index in [1.165, 1.54) is 41.1 Å². The van der Waals surface area contributed by atoms with Crippen LogP contribution in [0.2, 0.25) is 5.02 Å². The first-order valence-electron chi connectivity index (χ1n) is 8.26. The lowest BCUT2D eigenvalue weighted by atomic mass is 10.2. The van der Waals surface area contributed by atoms with Crippen molar-refractivity contribution in [3.05, 3.63) is 64.9 Å². The molecule has 0 aliphatic rings. The highest BCUT2D eigenvalue weighted by atomic mass is 35.5. The van der Waals surface area contributed by atoms with E-state index in [9.17, 15) is 17.6 Å². The quantitative estimate of drug-likeness (QED) is 0.246. The monoisotopic (exact) mass is 460 g/mol. The number of alkyl halides is 4. The lowest BCUT2D eigenvalue weighted by Crippen LogP contribution is -2.07. The summed E-state index contributed by atoms with van der Waals surface area (Å²) in [6.45, 7) is -6.25. The van der Waals surface area contributed by atoms with E-state index in [4.69, 9.17) is 11.6 Å². The fourth-order valence-corrected chi connectivity index (χ4v) is 3.19. The summed E-state index contributed by atoms with van der Waals surface area (Å²) in [5.41, 5.74) is 1.13. The molecule has 30 heavy (non-hydrogen) atoms. The van der Waals surface area contributed by atoms with Gasteiger partial charge in [0.05, 0.1) is 6.21 Å². The average Bonchev–Trinajstić information content (AvgIpc) is 3.13. The summed E-state index contributed by atoms with van der Waals surface area (Å²) in [4.78, 5) is 0. The van der Waals surface area contributed by atoms with E-state index >= 15 is 0 Å². The Labute approximate surface area is 177 Å². The molecule has 0 saturated carbocycles. The number of ether oxygens (including phenoxy) is 2. The van der Waals surface area contributed by atoms with Crippen molar-refractivity contribution in [1.82, 2.24) is 14.9 Å². The molecule has 0 spiro atoms. The minimum absolute atomic E-state index is 0.124. The first-order valence-corrected chi connectivity index (χ1v) is 9.62. The minimum Gasteiger partial charge on any atom is -0.435 e. The predicted octanol–water partition coefficient (Wildman–Crippen LogP) is 5.31. The standard InChI is InChI=1S/C18H13ClF4N4O2S/c19-13-4-1-11(2-5-13)9-30-18-26-24-10-27(18)25-8-12-3-6-14(28-16(20)21)7-15(12)29-17(22)23/h1-8,10,16-17H,9H2/b25-8+. The molecule has 3 rings (SSSR count). The van der Waals surface area contributed by atoms with E-state index in [-0.39, 0.29) is 17.1 Å². The van der Waals surface area contributed by atoms with E-state index in [0.29, 0.717) is 15.9 Å². The number of aromatic nitrogens is 3. The fourth-order valence-electron chi connectivity index (χ4n) is 2.24. The van der Waals surface area contributed by atoms with Gasteiger partial charge in [0.15, 0.2) is 0 Å². The molecule has 0 fully saturated rings. The molecule has 158 valence electrons. The second-order valence-corrected chi connectivity index (χ2v) is 6.95. The summed E-state index contributed by atoms with van der Waals surface area (Å²) in [6, 6.07) is 10.7. The third-order valence-electron chi connectivity index (χ3n) is 3.53. The van der Waals surface area contributed by atoms with Crippen molar-refractivity contribution < 1.29 is 27.0 Å². The highest BCUT2D eigenvalue weighted by molar-refractivity contribution is 7.98. The van der Waals surface area contributed by atoms with E-state index in [0.717, 1.165) is 11.6 Å². The van der Waals surface area contributed by atoms with Crippen LogP contribution in [0.15, 0.2) is 59.0 Å². The van der Waals surface area contributed by atoms with Crippen LogP contribution in [0.3, 0.4) is 0 Å². The summed E-state index contributed by atoms with van der Waals surface area (Å²) >= 11 is 7.21. The van der Waals surface area contributed by atoms with E-state index < -0.39 is 13.2 Å². The molecule has 0 N–H and O–H groups in total. The highest BCUT2D eigenvalue weighted by Crippen LogP contribution is 2.27. The fraction of sp³-hybridized carbons (Fsp3) is 0.167. The maximum Gasteiger partial charge on any atom is 0.387 e. The van der Waals surface area contributed by atoms with Gasteiger partial charge in [-0.05, 0) is 29.8 Å². The van der Waals surface area contributed by atoms with Gasteiger partial charge < -0.3 is 9.47 Å². The topological polar surface area (TPSA) is 61.5 Å². The third-order valence-corrected chi connectivity index (χ3v) is 4.79. The smallest absolute Gasteiger partial charge is 0.387 e.